The third-order valence-corrected chi connectivity index (χ3v) is 4.82. The molecule has 0 heterocycles. The van der Waals surface area contributed by atoms with Crippen LogP contribution in [0.2, 0.25) is 10.0 Å². The van der Waals surface area contributed by atoms with Crippen molar-refractivity contribution in [3.8, 4) is 0 Å². The Labute approximate surface area is 125 Å². The lowest BCUT2D eigenvalue weighted by molar-refractivity contribution is -0.120. The number of carbonyl (C=O) groups excluding carboxylic acids is 1. The molecular weight excluding hydrogens is 318 g/mol. The predicted octanol–water partition coefficient (Wildman–Crippen LogP) is 4.10. The third kappa shape index (κ3) is 2.25. The normalized spacial score (nSPS) is 24.7. The van der Waals surface area contributed by atoms with Crippen molar-refractivity contribution in [1.29, 1.82) is 0 Å². The molecule has 0 spiro atoms. The summed E-state index contributed by atoms with van der Waals surface area (Å²) in [5, 5.41) is 3.24. The first kappa shape index (κ1) is 14.1. The Hall–Kier alpha value is -0.350. The fourth-order valence-electron chi connectivity index (χ4n) is 1.57. The molecule has 0 bridgehead atoms. The summed E-state index contributed by atoms with van der Waals surface area (Å²) in [5.41, 5.74) is 5.54. The number of nitrogens with two attached hydrogens (primary N) is 1. The molecule has 1 saturated carbocycles. The maximum atomic E-state index is 12.0. The number of hydrogen-bond acceptors (Lipinski definition) is 2. The first-order valence-corrected chi connectivity index (χ1v) is 6.62. The Morgan fingerprint density at radius 1 is 1.33 bits per heavy atom. The van der Waals surface area contributed by atoms with Gasteiger partial charge in [-0.2, -0.15) is 0 Å². The zero-order chi connectivity index (χ0) is 13.7. The number of rotatable bonds is 2. The minimum absolute atomic E-state index is 0.274. The van der Waals surface area contributed by atoms with E-state index in [0.717, 1.165) is 0 Å². The lowest BCUT2D eigenvalue weighted by Gasteiger charge is -2.13. The van der Waals surface area contributed by atoms with Crippen LogP contribution in [0, 0.1) is 5.41 Å². The number of anilines is 2. The standard InChI is InChI=1S/C11H10Cl4N2O/c1-10(4-11(10,14)15)9(18)17-5-2-6(12)8(16)7(13)3-5/h2-3H,4,16H2,1H3,(H,17,18). The van der Waals surface area contributed by atoms with Gasteiger partial charge in [-0.1, -0.05) is 23.2 Å². The Bertz CT molecular complexity index is 509. The Morgan fingerprint density at radius 2 is 1.78 bits per heavy atom. The van der Waals surface area contributed by atoms with Crippen LogP contribution in [0.25, 0.3) is 0 Å². The average Bonchev–Trinajstić information content (AvgIpc) is 2.76. The van der Waals surface area contributed by atoms with Crippen LogP contribution in [-0.4, -0.2) is 10.2 Å². The molecular formula is C11H10Cl4N2O. The van der Waals surface area contributed by atoms with Crippen LogP contribution in [0.1, 0.15) is 13.3 Å². The van der Waals surface area contributed by atoms with E-state index in [-0.39, 0.29) is 21.6 Å². The Kier molecular flexibility index (Phi) is 3.39. The fourth-order valence-corrected chi connectivity index (χ4v) is 2.76. The van der Waals surface area contributed by atoms with Crippen molar-refractivity contribution in [3.63, 3.8) is 0 Å². The number of alkyl halides is 2. The lowest BCUT2D eigenvalue weighted by atomic mass is 10.1. The first-order valence-electron chi connectivity index (χ1n) is 5.11. The molecule has 98 valence electrons. The second-order valence-corrected chi connectivity index (χ2v) is 6.82. The van der Waals surface area contributed by atoms with Crippen molar-refractivity contribution in [2.45, 2.75) is 17.7 Å². The van der Waals surface area contributed by atoms with Gasteiger partial charge in [0.25, 0.3) is 0 Å². The van der Waals surface area contributed by atoms with E-state index < -0.39 is 9.75 Å². The SMILES string of the molecule is CC1(C(=O)Nc2cc(Cl)c(N)c(Cl)c2)CC1(Cl)Cl. The average molecular weight is 328 g/mol. The van der Waals surface area contributed by atoms with Crippen LogP contribution in [0.3, 0.4) is 0 Å². The molecule has 1 unspecified atom stereocenters. The summed E-state index contributed by atoms with van der Waals surface area (Å²) in [6, 6.07) is 3.05. The van der Waals surface area contributed by atoms with E-state index in [2.05, 4.69) is 5.32 Å². The highest BCUT2D eigenvalue weighted by molar-refractivity contribution is 6.53. The van der Waals surface area contributed by atoms with Gasteiger partial charge in [0.1, 0.15) is 4.33 Å². The predicted molar refractivity (Wildman–Crippen MR) is 76.7 cm³/mol. The molecule has 0 aliphatic heterocycles. The van der Waals surface area contributed by atoms with Gasteiger partial charge in [-0.3, -0.25) is 4.79 Å². The minimum atomic E-state index is -1.02. The molecule has 0 aromatic heterocycles. The molecule has 1 aliphatic carbocycles. The highest BCUT2D eigenvalue weighted by atomic mass is 35.5. The van der Waals surface area contributed by atoms with Crippen molar-refractivity contribution in [3.05, 3.63) is 22.2 Å². The zero-order valence-corrected chi connectivity index (χ0v) is 12.4. The number of halogens is 4. The molecule has 1 aromatic rings. The van der Waals surface area contributed by atoms with Gasteiger partial charge in [0, 0.05) is 5.69 Å². The van der Waals surface area contributed by atoms with Gasteiger partial charge < -0.3 is 11.1 Å². The topological polar surface area (TPSA) is 55.1 Å². The lowest BCUT2D eigenvalue weighted by Crippen LogP contribution is -2.25. The Balaban J connectivity index is 2.19. The van der Waals surface area contributed by atoms with Crippen molar-refractivity contribution in [2.24, 2.45) is 5.41 Å². The summed E-state index contributed by atoms with van der Waals surface area (Å²) in [6.45, 7) is 1.70. The van der Waals surface area contributed by atoms with Crippen molar-refractivity contribution in [1.82, 2.24) is 0 Å². The second-order valence-electron chi connectivity index (χ2n) is 4.52. The zero-order valence-electron chi connectivity index (χ0n) is 9.36. The summed E-state index contributed by atoms with van der Waals surface area (Å²) in [5.74, 6) is -0.274. The number of hydrogen-bond donors (Lipinski definition) is 2. The summed E-state index contributed by atoms with van der Waals surface area (Å²) in [6.07, 6.45) is 0.408. The molecule has 0 radical (unpaired) electrons. The van der Waals surface area contributed by atoms with E-state index in [1.165, 1.54) is 12.1 Å². The Morgan fingerprint density at radius 3 is 2.17 bits per heavy atom. The van der Waals surface area contributed by atoms with Gasteiger partial charge in [0.15, 0.2) is 0 Å². The van der Waals surface area contributed by atoms with Crippen LogP contribution in [0.4, 0.5) is 11.4 Å². The van der Waals surface area contributed by atoms with Gasteiger partial charge in [0.05, 0.1) is 21.1 Å². The molecule has 1 fully saturated rings. The maximum Gasteiger partial charge on any atom is 0.233 e. The first-order chi connectivity index (χ1) is 8.17. The number of carbonyl (C=O) groups is 1. The molecule has 7 heteroatoms. The van der Waals surface area contributed by atoms with Crippen molar-refractivity contribution in [2.75, 3.05) is 11.1 Å². The van der Waals surface area contributed by atoms with Gasteiger partial charge in [-0.05, 0) is 25.5 Å². The molecule has 1 aliphatic rings. The van der Waals surface area contributed by atoms with Crippen LogP contribution in [0.15, 0.2) is 12.1 Å². The fraction of sp³-hybridized carbons (Fsp3) is 0.364. The van der Waals surface area contributed by atoms with Crippen LogP contribution >= 0.6 is 46.4 Å². The quantitative estimate of drug-likeness (QED) is 0.634. The molecule has 18 heavy (non-hydrogen) atoms. The molecule has 2 rings (SSSR count). The van der Waals surface area contributed by atoms with E-state index in [9.17, 15) is 4.79 Å². The van der Waals surface area contributed by atoms with E-state index >= 15 is 0 Å². The molecule has 3 nitrogen and oxygen atoms in total. The van der Waals surface area contributed by atoms with Crippen molar-refractivity contribution < 1.29 is 4.79 Å². The van der Waals surface area contributed by atoms with E-state index in [1.54, 1.807) is 6.92 Å². The molecule has 1 aromatic carbocycles. The van der Waals surface area contributed by atoms with E-state index in [4.69, 9.17) is 52.1 Å². The highest BCUT2D eigenvalue weighted by Crippen LogP contribution is 2.64. The third-order valence-electron chi connectivity index (χ3n) is 3.10. The number of nitrogen functional groups attached to an aromatic ring is 1. The summed E-state index contributed by atoms with van der Waals surface area (Å²) in [7, 11) is 0. The molecule has 1 atom stereocenters. The van der Waals surface area contributed by atoms with Gasteiger partial charge in [0.2, 0.25) is 5.91 Å². The van der Waals surface area contributed by atoms with E-state index in [0.29, 0.717) is 12.1 Å². The second kappa shape index (κ2) is 4.34. The molecule has 1 amide bonds. The number of nitrogens with one attached hydrogen (secondary N) is 1. The smallest absolute Gasteiger partial charge is 0.233 e. The number of benzene rings is 1. The molecule has 3 N–H and O–H groups in total. The van der Waals surface area contributed by atoms with Crippen LogP contribution in [0.5, 0.6) is 0 Å². The number of amides is 1. The summed E-state index contributed by atoms with van der Waals surface area (Å²) < 4.78 is -1.02. The maximum absolute atomic E-state index is 12.0. The van der Waals surface area contributed by atoms with Crippen LogP contribution in [-0.2, 0) is 4.79 Å². The largest absolute Gasteiger partial charge is 0.396 e. The highest BCUT2D eigenvalue weighted by Gasteiger charge is 2.67. The van der Waals surface area contributed by atoms with Gasteiger partial charge >= 0.3 is 0 Å². The van der Waals surface area contributed by atoms with Gasteiger partial charge in [-0.25, -0.2) is 0 Å². The monoisotopic (exact) mass is 326 g/mol. The summed E-state index contributed by atoms with van der Waals surface area (Å²) in [4.78, 5) is 12.0. The van der Waals surface area contributed by atoms with E-state index in [1.807, 2.05) is 0 Å². The summed E-state index contributed by atoms with van der Waals surface area (Å²) >= 11 is 23.6. The molecule has 0 saturated heterocycles. The van der Waals surface area contributed by atoms with Gasteiger partial charge in [-0.15, -0.1) is 23.2 Å². The van der Waals surface area contributed by atoms with Crippen LogP contribution < -0.4 is 11.1 Å². The van der Waals surface area contributed by atoms with Crippen molar-refractivity contribution >= 4 is 63.7 Å². The minimum Gasteiger partial charge on any atom is -0.396 e.